The van der Waals surface area contributed by atoms with Crippen molar-refractivity contribution >= 4 is 17.5 Å². The van der Waals surface area contributed by atoms with Gasteiger partial charge in [0.05, 0.1) is 25.4 Å². The fraction of sp³-hybridized carbons (Fsp3) is 0.636. The van der Waals surface area contributed by atoms with Crippen LogP contribution in [0.25, 0.3) is 0 Å². The van der Waals surface area contributed by atoms with Gasteiger partial charge in [0, 0.05) is 58.4 Å². The molecule has 0 bridgehead atoms. The summed E-state index contributed by atoms with van der Waals surface area (Å²) < 4.78 is 47.2. The second kappa shape index (κ2) is 10.8. The summed E-state index contributed by atoms with van der Waals surface area (Å²) in [5, 5.41) is 12.5. The van der Waals surface area contributed by atoms with Gasteiger partial charge < -0.3 is 29.7 Å². The van der Waals surface area contributed by atoms with E-state index in [0.29, 0.717) is 39.2 Å². The molecule has 2 amide bonds. The Hall–Kier alpha value is -2.57. The number of carbonyl (C=O) groups excluding carboxylic acids is 2. The summed E-state index contributed by atoms with van der Waals surface area (Å²) in [4.78, 5) is 29.4. The zero-order valence-corrected chi connectivity index (χ0v) is 19.3. The highest BCUT2D eigenvalue weighted by Gasteiger charge is 2.44. The number of aliphatic hydroxyl groups is 1. The van der Waals surface area contributed by atoms with Crippen molar-refractivity contribution < 1.29 is 37.3 Å². The third kappa shape index (κ3) is 6.97. The number of hydrogen-bond acceptors (Lipinski definition) is 7. The van der Waals surface area contributed by atoms with E-state index in [-0.39, 0.29) is 37.1 Å². The average Bonchev–Trinajstić information content (AvgIpc) is 3.18. The molecular weight excluding hydrogens is 457 g/mol. The van der Waals surface area contributed by atoms with Crippen molar-refractivity contribution in [2.45, 2.75) is 30.8 Å². The number of benzene rings is 1. The maximum absolute atomic E-state index is 12.4. The minimum Gasteiger partial charge on any atom is -0.406 e. The molecule has 1 aromatic rings. The number of likely N-dealkylation sites (N-methyl/N-ethyl adjacent to an activating group) is 1. The lowest BCUT2D eigenvalue weighted by molar-refractivity contribution is -0.274. The van der Waals surface area contributed by atoms with E-state index in [2.05, 4.69) is 10.1 Å². The molecule has 0 aromatic heterocycles. The Morgan fingerprint density at radius 3 is 2.56 bits per heavy atom. The Morgan fingerprint density at radius 1 is 1.24 bits per heavy atom. The lowest BCUT2D eigenvalue weighted by Crippen LogP contribution is -2.57. The SMILES string of the molecule is CN(C)C(=O)CNC(=O)CC(CO)N1CCOC2(CCN(c3ccc(OC(F)(F)F)cc3)C2)C1. The summed E-state index contributed by atoms with van der Waals surface area (Å²) in [6.45, 7) is 2.38. The first kappa shape index (κ1) is 26.0. The minimum atomic E-state index is -4.74. The monoisotopic (exact) mass is 488 g/mol. The maximum atomic E-state index is 12.4. The molecule has 0 saturated carbocycles. The number of carbonyl (C=O) groups is 2. The predicted octanol–water partition coefficient (Wildman–Crippen LogP) is 0.822. The molecule has 1 spiro atoms. The van der Waals surface area contributed by atoms with Crippen molar-refractivity contribution in [1.29, 1.82) is 0 Å². The third-order valence-electron chi connectivity index (χ3n) is 6.11. The van der Waals surface area contributed by atoms with E-state index < -0.39 is 18.0 Å². The summed E-state index contributed by atoms with van der Waals surface area (Å²) in [7, 11) is 3.21. The topological polar surface area (TPSA) is 94.6 Å². The van der Waals surface area contributed by atoms with Crippen LogP contribution >= 0.6 is 0 Å². The van der Waals surface area contributed by atoms with E-state index in [4.69, 9.17) is 4.74 Å². The van der Waals surface area contributed by atoms with E-state index in [1.54, 1.807) is 26.2 Å². The molecule has 190 valence electrons. The van der Waals surface area contributed by atoms with Gasteiger partial charge in [-0.3, -0.25) is 14.5 Å². The lowest BCUT2D eigenvalue weighted by atomic mass is 9.98. The number of nitrogens with one attached hydrogen (secondary N) is 1. The van der Waals surface area contributed by atoms with Crippen molar-refractivity contribution in [3.05, 3.63) is 24.3 Å². The van der Waals surface area contributed by atoms with Crippen molar-refractivity contribution in [2.24, 2.45) is 0 Å². The van der Waals surface area contributed by atoms with Gasteiger partial charge in [0.2, 0.25) is 11.8 Å². The summed E-state index contributed by atoms with van der Waals surface area (Å²) in [6.07, 6.45) is -3.98. The maximum Gasteiger partial charge on any atom is 0.573 e. The number of aliphatic hydroxyl groups excluding tert-OH is 1. The number of morpholine rings is 1. The molecule has 9 nitrogen and oxygen atoms in total. The molecule has 0 aliphatic carbocycles. The van der Waals surface area contributed by atoms with Gasteiger partial charge in [-0.1, -0.05) is 0 Å². The highest BCUT2D eigenvalue weighted by Crippen LogP contribution is 2.34. The molecule has 1 aromatic carbocycles. The van der Waals surface area contributed by atoms with Crippen LogP contribution in [0.4, 0.5) is 18.9 Å². The Balaban J connectivity index is 1.57. The van der Waals surface area contributed by atoms with Gasteiger partial charge in [-0.2, -0.15) is 0 Å². The number of ether oxygens (including phenoxy) is 2. The summed E-state index contributed by atoms with van der Waals surface area (Å²) in [6, 6.07) is 5.31. The van der Waals surface area contributed by atoms with Crippen LogP contribution in [0, 0.1) is 0 Å². The number of hydrogen-bond donors (Lipinski definition) is 2. The van der Waals surface area contributed by atoms with Crippen LogP contribution in [0.1, 0.15) is 12.8 Å². The van der Waals surface area contributed by atoms with Crippen molar-refractivity contribution in [1.82, 2.24) is 15.1 Å². The number of anilines is 1. The molecule has 2 heterocycles. The molecule has 2 atom stereocenters. The summed E-state index contributed by atoms with van der Waals surface area (Å²) in [5.41, 5.74) is 0.250. The Kier molecular flexibility index (Phi) is 8.26. The molecule has 2 unspecified atom stereocenters. The van der Waals surface area contributed by atoms with Crippen molar-refractivity contribution in [3.8, 4) is 5.75 Å². The largest absolute Gasteiger partial charge is 0.573 e. The van der Waals surface area contributed by atoms with Crippen LogP contribution in [-0.2, 0) is 14.3 Å². The molecule has 2 saturated heterocycles. The molecule has 2 aliphatic rings. The number of rotatable bonds is 8. The van der Waals surface area contributed by atoms with Gasteiger partial charge in [0.1, 0.15) is 5.75 Å². The Labute approximate surface area is 196 Å². The highest BCUT2D eigenvalue weighted by molar-refractivity contribution is 5.84. The first-order valence-electron chi connectivity index (χ1n) is 11.1. The normalized spacial score (nSPS) is 22.0. The smallest absolute Gasteiger partial charge is 0.406 e. The molecule has 2 N–H and O–H groups in total. The fourth-order valence-corrected chi connectivity index (χ4v) is 4.28. The minimum absolute atomic E-state index is 0.0532. The molecular formula is C22H31F3N4O5. The molecule has 2 aliphatic heterocycles. The number of nitrogens with zero attached hydrogens (tertiary/aromatic N) is 3. The van der Waals surface area contributed by atoms with Gasteiger partial charge in [-0.15, -0.1) is 13.2 Å². The Bertz CT molecular complexity index is 852. The van der Waals surface area contributed by atoms with Gasteiger partial charge >= 0.3 is 6.36 Å². The number of halogens is 3. The van der Waals surface area contributed by atoms with E-state index in [1.165, 1.54) is 17.0 Å². The average molecular weight is 489 g/mol. The van der Waals surface area contributed by atoms with E-state index in [1.807, 2.05) is 9.80 Å². The van der Waals surface area contributed by atoms with Gasteiger partial charge in [-0.25, -0.2) is 0 Å². The van der Waals surface area contributed by atoms with Gasteiger partial charge in [0.25, 0.3) is 0 Å². The molecule has 12 heteroatoms. The van der Waals surface area contributed by atoms with Crippen LogP contribution in [0.3, 0.4) is 0 Å². The number of alkyl halides is 3. The highest BCUT2D eigenvalue weighted by atomic mass is 19.4. The van der Waals surface area contributed by atoms with Gasteiger partial charge in [-0.05, 0) is 30.7 Å². The third-order valence-corrected chi connectivity index (χ3v) is 6.11. The second-order valence-electron chi connectivity index (χ2n) is 8.82. The summed E-state index contributed by atoms with van der Waals surface area (Å²) in [5.74, 6) is -0.811. The van der Waals surface area contributed by atoms with E-state index in [9.17, 15) is 27.9 Å². The summed E-state index contributed by atoms with van der Waals surface area (Å²) >= 11 is 0. The lowest BCUT2D eigenvalue weighted by Gasteiger charge is -2.43. The van der Waals surface area contributed by atoms with Crippen LogP contribution < -0.4 is 15.0 Å². The Morgan fingerprint density at radius 2 is 1.94 bits per heavy atom. The standard InChI is InChI=1S/C22H31F3N4O5/c1-27(2)20(32)12-26-19(31)11-17(13-30)29-9-10-33-21(15-29)7-8-28(14-21)16-3-5-18(6-4-16)34-22(23,24)25/h3-6,17,30H,7-15H2,1-2H3,(H,26,31). The fourth-order valence-electron chi connectivity index (χ4n) is 4.28. The zero-order valence-electron chi connectivity index (χ0n) is 19.3. The molecule has 2 fully saturated rings. The molecule has 34 heavy (non-hydrogen) atoms. The van der Waals surface area contributed by atoms with Crippen LogP contribution in [0.2, 0.25) is 0 Å². The van der Waals surface area contributed by atoms with E-state index in [0.717, 1.165) is 5.69 Å². The van der Waals surface area contributed by atoms with Crippen LogP contribution in [0.5, 0.6) is 5.75 Å². The first-order valence-corrected chi connectivity index (χ1v) is 11.1. The predicted molar refractivity (Wildman–Crippen MR) is 117 cm³/mol. The molecule has 0 radical (unpaired) electrons. The van der Waals surface area contributed by atoms with Crippen LogP contribution in [-0.4, -0.2) is 105 Å². The second-order valence-corrected chi connectivity index (χ2v) is 8.82. The van der Waals surface area contributed by atoms with Crippen LogP contribution in [0.15, 0.2) is 24.3 Å². The zero-order chi connectivity index (χ0) is 24.9. The molecule has 3 rings (SSSR count). The van der Waals surface area contributed by atoms with E-state index >= 15 is 0 Å². The van der Waals surface area contributed by atoms with Crippen molar-refractivity contribution in [3.63, 3.8) is 0 Å². The quantitative estimate of drug-likeness (QED) is 0.560. The first-order chi connectivity index (χ1) is 16.0. The number of amides is 2. The van der Waals surface area contributed by atoms with Crippen molar-refractivity contribution in [2.75, 3.05) is 64.9 Å². The van der Waals surface area contributed by atoms with Gasteiger partial charge in [0.15, 0.2) is 0 Å².